The van der Waals surface area contributed by atoms with Crippen molar-refractivity contribution in [1.29, 1.82) is 0 Å². The number of hydrogen-bond donors (Lipinski definition) is 1. The van der Waals surface area contributed by atoms with Crippen LogP contribution in [0.25, 0.3) is 10.8 Å². The van der Waals surface area contributed by atoms with Gasteiger partial charge in [0, 0.05) is 4.90 Å². The van der Waals surface area contributed by atoms with Gasteiger partial charge < -0.3 is 0 Å². The molecule has 0 bridgehead atoms. The smallest absolute Gasteiger partial charge is 0.225 e. The summed E-state index contributed by atoms with van der Waals surface area (Å²) in [6, 6.07) is 10.9. The quantitative estimate of drug-likeness (QED) is 0.870. The van der Waals surface area contributed by atoms with E-state index in [1.165, 1.54) is 6.07 Å². The van der Waals surface area contributed by atoms with Crippen molar-refractivity contribution in [2.45, 2.75) is 16.7 Å². The lowest BCUT2D eigenvalue weighted by molar-refractivity contribution is 0.598. The van der Waals surface area contributed by atoms with E-state index in [1.54, 1.807) is 23.9 Å². The number of nitrogens with two attached hydrogens (primary N) is 1. The van der Waals surface area contributed by atoms with Gasteiger partial charge >= 0.3 is 0 Å². The van der Waals surface area contributed by atoms with Gasteiger partial charge in [-0.3, -0.25) is 0 Å². The van der Waals surface area contributed by atoms with Gasteiger partial charge in [-0.15, -0.1) is 11.8 Å². The molecule has 0 aromatic heterocycles. The van der Waals surface area contributed by atoms with Gasteiger partial charge in [0.15, 0.2) is 0 Å². The molecule has 0 saturated carbocycles. The van der Waals surface area contributed by atoms with Gasteiger partial charge in [-0.1, -0.05) is 25.1 Å². The van der Waals surface area contributed by atoms with Crippen molar-refractivity contribution < 1.29 is 8.42 Å². The molecule has 0 radical (unpaired) electrons. The van der Waals surface area contributed by atoms with E-state index in [-0.39, 0.29) is 4.90 Å². The van der Waals surface area contributed by atoms with Crippen molar-refractivity contribution in [2.75, 3.05) is 5.75 Å². The monoisotopic (exact) mass is 267 g/mol. The highest BCUT2D eigenvalue weighted by Gasteiger charge is 2.09. The molecule has 0 atom stereocenters. The Bertz CT molecular complexity index is 651. The van der Waals surface area contributed by atoms with Gasteiger partial charge in [0.2, 0.25) is 10.0 Å². The van der Waals surface area contributed by atoms with Crippen molar-refractivity contribution in [1.82, 2.24) is 0 Å². The second kappa shape index (κ2) is 4.68. The molecule has 0 aliphatic heterocycles. The first-order chi connectivity index (χ1) is 8.02. The highest BCUT2D eigenvalue weighted by atomic mass is 32.2. The lowest BCUT2D eigenvalue weighted by Gasteiger charge is -2.06. The van der Waals surface area contributed by atoms with Gasteiger partial charge in [-0.2, -0.15) is 0 Å². The molecule has 90 valence electrons. The van der Waals surface area contributed by atoms with Crippen LogP contribution in [0, 0.1) is 0 Å². The number of benzene rings is 2. The standard InChI is InChI=1S/C12H13NO2S2/c1-2-16-12-5-3-4-9-6-7-10(8-11(9)12)17(13,14)15/h3-8H,2H2,1H3,(H2,13,14,15). The first kappa shape index (κ1) is 12.4. The van der Waals surface area contributed by atoms with Crippen LogP contribution in [-0.4, -0.2) is 14.2 Å². The Morgan fingerprint density at radius 3 is 2.65 bits per heavy atom. The number of fused-ring (bicyclic) bond motifs is 1. The zero-order chi connectivity index (χ0) is 12.5. The minimum Gasteiger partial charge on any atom is -0.225 e. The Kier molecular flexibility index (Phi) is 3.42. The fraction of sp³-hybridized carbons (Fsp3) is 0.167. The molecule has 0 aliphatic carbocycles. The SMILES string of the molecule is CCSc1cccc2ccc(S(N)(=O)=O)cc12. The van der Waals surface area contributed by atoms with E-state index in [0.29, 0.717) is 0 Å². The van der Waals surface area contributed by atoms with Crippen LogP contribution >= 0.6 is 11.8 Å². The van der Waals surface area contributed by atoms with Crippen molar-refractivity contribution >= 4 is 32.6 Å². The molecule has 2 rings (SSSR count). The van der Waals surface area contributed by atoms with Crippen molar-refractivity contribution in [2.24, 2.45) is 5.14 Å². The topological polar surface area (TPSA) is 60.2 Å². The van der Waals surface area contributed by atoms with Gasteiger partial charge in [-0.25, -0.2) is 13.6 Å². The van der Waals surface area contributed by atoms with Gasteiger partial charge in [0.05, 0.1) is 4.90 Å². The highest BCUT2D eigenvalue weighted by Crippen LogP contribution is 2.29. The zero-order valence-electron chi connectivity index (χ0n) is 9.38. The lowest BCUT2D eigenvalue weighted by atomic mass is 10.1. The van der Waals surface area contributed by atoms with E-state index >= 15 is 0 Å². The fourth-order valence-corrected chi connectivity index (χ4v) is 3.04. The molecule has 0 heterocycles. The minimum absolute atomic E-state index is 0.161. The average Bonchev–Trinajstić information content (AvgIpc) is 2.28. The Morgan fingerprint density at radius 2 is 2.00 bits per heavy atom. The maximum Gasteiger partial charge on any atom is 0.238 e. The molecular weight excluding hydrogens is 254 g/mol. The minimum atomic E-state index is -3.64. The van der Waals surface area contributed by atoms with Crippen LogP contribution in [0.2, 0.25) is 0 Å². The fourth-order valence-electron chi connectivity index (χ4n) is 1.68. The Balaban J connectivity index is 2.70. The molecule has 5 heteroatoms. The molecule has 17 heavy (non-hydrogen) atoms. The summed E-state index contributed by atoms with van der Waals surface area (Å²) < 4.78 is 22.6. The van der Waals surface area contributed by atoms with Gasteiger partial charge in [-0.05, 0) is 34.7 Å². The van der Waals surface area contributed by atoms with Crippen LogP contribution in [0.4, 0.5) is 0 Å². The molecule has 0 spiro atoms. The van der Waals surface area contributed by atoms with E-state index < -0.39 is 10.0 Å². The van der Waals surface area contributed by atoms with Crippen LogP contribution in [0.15, 0.2) is 46.2 Å². The van der Waals surface area contributed by atoms with Crippen LogP contribution < -0.4 is 5.14 Å². The summed E-state index contributed by atoms with van der Waals surface area (Å²) in [5, 5.41) is 7.10. The largest absolute Gasteiger partial charge is 0.238 e. The first-order valence-electron chi connectivity index (χ1n) is 5.21. The van der Waals surface area contributed by atoms with E-state index in [2.05, 4.69) is 6.92 Å². The summed E-state index contributed by atoms with van der Waals surface area (Å²) in [6.07, 6.45) is 0. The maximum atomic E-state index is 11.3. The first-order valence-corrected chi connectivity index (χ1v) is 7.74. The second-order valence-corrected chi connectivity index (χ2v) is 6.48. The van der Waals surface area contributed by atoms with Crippen LogP contribution in [-0.2, 0) is 10.0 Å². The second-order valence-electron chi connectivity index (χ2n) is 3.62. The van der Waals surface area contributed by atoms with Crippen molar-refractivity contribution in [3.8, 4) is 0 Å². The number of hydrogen-bond acceptors (Lipinski definition) is 3. The number of thioether (sulfide) groups is 1. The predicted molar refractivity (Wildman–Crippen MR) is 71.7 cm³/mol. The zero-order valence-corrected chi connectivity index (χ0v) is 11.0. The molecule has 0 aliphatic rings. The molecule has 0 fully saturated rings. The Labute approximate surface area is 105 Å². The third-order valence-electron chi connectivity index (χ3n) is 2.44. The molecule has 0 amide bonds. The van der Waals surface area contributed by atoms with E-state index in [0.717, 1.165) is 21.4 Å². The number of rotatable bonds is 3. The normalized spacial score (nSPS) is 11.9. The van der Waals surface area contributed by atoms with Gasteiger partial charge in [0.25, 0.3) is 0 Å². The van der Waals surface area contributed by atoms with Gasteiger partial charge in [0.1, 0.15) is 0 Å². The van der Waals surface area contributed by atoms with Crippen molar-refractivity contribution in [3.63, 3.8) is 0 Å². The van der Waals surface area contributed by atoms with E-state index in [1.807, 2.05) is 18.2 Å². The molecule has 0 unspecified atom stereocenters. The summed E-state index contributed by atoms with van der Waals surface area (Å²) in [5.74, 6) is 0.943. The number of primary sulfonamides is 1. The summed E-state index contributed by atoms with van der Waals surface area (Å²) in [5.41, 5.74) is 0. The molecule has 2 aromatic carbocycles. The summed E-state index contributed by atoms with van der Waals surface area (Å²) in [7, 11) is -3.64. The average molecular weight is 267 g/mol. The third kappa shape index (κ3) is 2.62. The predicted octanol–water partition coefficient (Wildman–Crippen LogP) is 2.60. The Hall–Kier alpha value is -1.04. The van der Waals surface area contributed by atoms with E-state index in [9.17, 15) is 8.42 Å². The van der Waals surface area contributed by atoms with Crippen LogP contribution in [0.3, 0.4) is 0 Å². The summed E-state index contributed by atoms with van der Waals surface area (Å²) >= 11 is 1.69. The Morgan fingerprint density at radius 1 is 1.24 bits per heavy atom. The number of sulfonamides is 1. The van der Waals surface area contributed by atoms with Crippen LogP contribution in [0.1, 0.15) is 6.92 Å². The molecule has 3 nitrogen and oxygen atoms in total. The van der Waals surface area contributed by atoms with E-state index in [4.69, 9.17) is 5.14 Å². The summed E-state index contributed by atoms with van der Waals surface area (Å²) in [6.45, 7) is 2.06. The summed E-state index contributed by atoms with van der Waals surface area (Å²) in [4.78, 5) is 1.24. The maximum absolute atomic E-state index is 11.3. The molecular formula is C12H13NO2S2. The van der Waals surface area contributed by atoms with Crippen LogP contribution in [0.5, 0.6) is 0 Å². The molecule has 2 N–H and O–H groups in total. The third-order valence-corrected chi connectivity index (χ3v) is 4.31. The van der Waals surface area contributed by atoms with Crippen molar-refractivity contribution in [3.05, 3.63) is 36.4 Å². The molecule has 0 saturated heterocycles. The lowest BCUT2D eigenvalue weighted by Crippen LogP contribution is -2.11. The highest BCUT2D eigenvalue weighted by molar-refractivity contribution is 7.99. The molecule has 2 aromatic rings.